The number of rotatable bonds is 6. The third-order valence-corrected chi connectivity index (χ3v) is 4.29. The molecule has 2 aromatic carbocycles. The van der Waals surface area contributed by atoms with Gasteiger partial charge in [0.25, 0.3) is 5.91 Å². The monoisotopic (exact) mass is 402 g/mol. The summed E-state index contributed by atoms with van der Waals surface area (Å²) in [6.07, 6.45) is -4.13. The summed E-state index contributed by atoms with van der Waals surface area (Å²) in [4.78, 5) is 27.0. The first-order valence-corrected chi connectivity index (χ1v) is 8.82. The van der Waals surface area contributed by atoms with Crippen LogP contribution in [0.4, 0.5) is 13.2 Å². The number of nitrogens with one attached hydrogen (secondary N) is 1. The molecule has 0 saturated carbocycles. The summed E-state index contributed by atoms with van der Waals surface area (Å²) in [5, 5.41) is 11.9. The maximum absolute atomic E-state index is 12.9. The van der Waals surface area contributed by atoms with Crippen LogP contribution in [-0.2, 0) is 11.0 Å². The van der Waals surface area contributed by atoms with Gasteiger partial charge in [-0.25, -0.2) is 4.98 Å². The molecule has 1 amide bonds. The molecule has 150 valence electrons. The van der Waals surface area contributed by atoms with Gasteiger partial charge < -0.3 is 10.4 Å². The summed E-state index contributed by atoms with van der Waals surface area (Å²) in [5.74, 6) is -1.26. The topological polar surface area (TPSA) is 79.3 Å². The van der Waals surface area contributed by atoms with Gasteiger partial charge in [-0.15, -0.1) is 0 Å². The van der Waals surface area contributed by atoms with E-state index in [1.807, 2.05) is 0 Å². The number of aliphatic carboxylic acids is 1. The molecular weight excluding hydrogens is 385 g/mol. The lowest BCUT2D eigenvalue weighted by molar-refractivity contribution is -0.138. The highest BCUT2D eigenvalue weighted by Crippen LogP contribution is 2.32. The Hall–Kier alpha value is -3.42. The van der Waals surface area contributed by atoms with Gasteiger partial charge in [0, 0.05) is 29.5 Å². The van der Waals surface area contributed by atoms with E-state index in [1.54, 1.807) is 36.4 Å². The molecule has 8 heteroatoms. The molecule has 0 aliphatic heterocycles. The SMILES string of the molecule is O=C(O)CCCNC(=O)c1ccc2nc(-c3cccc(C(F)(F)F)c3)ccc2c1. The molecule has 0 unspecified atom stereocenters. The van der Waals surface area contributed by atoms with Crippen LogP contribution in [0.25, 0.3) is 22.2 Å². The second-order valence-corrected chi connectivity index (χ2v) is 6.44. The van der Waals surface area contributed by atoms with Gasteiger partial charge in [0.05, 0.1) is 16.8 Å². The molecule has 0 atom stereocenters. The number of hydrogen-bond donors (Lipinski definition) is 2. The van der Waals surface area contributed by atoms with E-state index < -0.39 is 17.7 Å². The van der Waals surface area contributed by atoms with Crippen LogP contribution in [0.5, 0.6) is 0 Å². The molecule has 0 aliphatic rings. The smallest absolute Gasteiger partial charge is 0.416 e. The Labute approximate surface area is 164 Å². The van der Waals surface area contributed by atoms with Gasteiger partial charge in [0.2, 0.25) is 0 Å². The van der Waals surface area contributed by atoms with Crippen molar-refractivity contribution < 1.29 is 27.9 Å². The van der Waals surface area contributed by atoms with Crippen LogP contribution in [0.1, 0.15) is 28.8 Å². The van der Waals surface area contributed by atoms with Crippen molar-refractivity contribution in [1.82, 2.24) is 10.3 Å². The number of aromatic nitrogens is 1. The zero-order chi connectivity index (χ0) is 21.0. The fourth-order valence-corrected chi connectivity index (χ4v) is 2.83. The number of carboxylic acids is 1. The minimum Gasteiger partial charge on any atom is -0.481 e. The zero-order valence-corrected chi connectivity index (χ0v) is 15.2. The summed E-state index contributed by atoms with van der Waals surface area (Å²) in [7, 11) is 0. The highest BCUT2D eigenvalue weighted by molar-refractivity contribution is 5.98. The van der Waals surface area contributed by atoms with E-state index >= 15 is 0 Å². The molecule has 5 nitrogen and oxygen atoms in total. The predicted octanol–water partition coefficient (Wildman–Crippen LogP) is 4.52. The number of benzene rings is 2. The zero-order valence-electron chi connectivity index (χ0n) is 15.2. The van der Waals surface area contributed by atoms with Crippen molar-refractivity contribution in [2.24, 2.45) is 0 Å². The van der Waals surface area contributed by atoms with Gasteiger partial charge >= 0.3 is 12.1 Å². The van der Waals surface area contributed by atoms with Crippen molar-refractivity contribution >= 4 is 22.8 Å². The van der Waals surface area contributed by atoms with Crippen molar-refractivity contribution in [3.8, 4) is 11.3 Å². The van der Waals surface area contributed by atoms with Crippen LogP contribution in [0.2, 0.25) is 0 Å². The van der Waals surface area contributed by atoms with Gasteiger partial charge in [0.1, 0.15) is 0 Å². The molecule has 0 spiro atoms. The fraction of sp³-hybridized carbons (Fsp3) is 0.190. The first-order chi connectivity index (χ1) is 13.7. The van der Waals surface area contributed by atoms with Gasteiger partial charge in [-0.1, -0.05) is 18.2 Å². The molecule has 0 bridgehead atoms. The van der Waals surface area contributed by atoms with Crippen LogP contribution < -0.4 is 5.32 Å². The van der Waals surface area contributed by atoms with Crippen LogP contribution in [0.15, 0.2) is 54.6 Å². The third-order valence-electron chi connectivity index (χ3n) is 4.29. The number of pyridine rings is 1. The van der Waals surface area contributed by atoms with Crippen molar-refractivity contribution in [2.75, 3.05) is 6.54 Å². The number of carboxylic acid groups (broad SMARTS) is 1. The first kappa shape index (κ1) is 20.3. The highest BCUT2D eigenvalue weighted by Gasteiger charge is 2.30. The van der Waals surface area contributed by atoms with Crippen molar-refractivity contribution in [3.63, 3.8) is 0 Å². The average Bonchev–Trinajstić information content (AvgIpc) is 2.69. The first-order valence-electron chi connectivity index (χ1n) is 8.82. The summed E-state index contributed by atoms with van der Waals surface area (Å²) < 4.78 is 38.8. The molecule has 2 N–H and O–H groups in total. The number of alkyl halides is 3. The molecule has 0 radical (unpaired) electrons. The molecule has 3 rings (SSSR count). The summed E-state index contributed by atoms with van der Waals surface area (Å²) in [6.45, 7) is 0.246. The number of nitrogens with zero attached hydrogens (tertiary/aromatic N) is 1. The van der Waals surface area contributed by atoms with Gasteiger partial charge in [-0.05, 0) is 42.8 Å². The largest absolute Gasteiger partial charge is 0.481 e. The van der Waals surface area contributed by atoms with Crippen LogP contribution in [0, 0.1) is 0 Å². The standard InChI is InChI=1S/C21H17F3N2O3/c22-21(23,24)16-4-1-3-13(12-16)17-8-6-14-11-15(7-9-18(14)26-17)20(29)25-10-2-5-19(27)28/h1,3-4,6-9,11-12H,2,5,10H2,(H,25,29)(H,27,28). The number of hydrogen-bond acceptors (Lipinski definition) is 3. The Morgan fingerprint density at radius 1 is 1.03 bits per heavy atom. The quantitative estimate of drug-likeness (QED) is 0.595. The number of halogens is 3. The average molecular weight is 402 g/mol. The van der Waals surface area contributed by atoms with Gasteiger partial charge in [-0.2, -0.15) is 13.2 Å². The van der Waals surface area contributed by atoms with Crippen LogP contribution >= 0.6 is 0 Å². The van der Waals surface area contributed by atoms with E-state index in [0.717, 1.165) is 12.1 Å². The van der Waals surface area contributed by atoms with E-state index in [-0.39, 0.29) is 18.9 Å². The van der Waals surface area contributed by atoms with E-state index in [9.17, 15) is 22.8 Å². The second kappa shape index (κ2) is 8.30. The minimum absolute atomic E-state index is 0.0275. The maximum atomic E-state index is 12.9. The summed E-state index contributed by atoms with van der Waals surface area (Å²) in [5.41, 5.74) is 0.937. The van der Waals surface area contributed by atoms with Crippen molar-refractivity contribution in [1.29, 1.82) is 0 Å². The van der Waals surface area contributed by atoms with E-state index in [0.29, 0.717) is 34.1 Å². The lowest BCUT2D eigenvalue weighted by Crippen LogP contribution is -2.24. The second-order valence-electron chi connectivity index (χ2n) is 6.44. The molecule has 1 aromatic heterocycles. The number of carbonyl (C=O) groups excluding carboxylic acids is 1. The van der Waals surface area contributed by atoms with Crippen molar-refractivity contribution in [2.45, 2.75) is 19.0 Å². The Bertz CT molecular complexity index is 1060. The Kier molecular flexibility index (Phi) is 5.81. The molecule has 0 fully saturated rings. The van der Waals surface area contributed by atoms with Crippen LogP contribution in [-0.4, -0.2) is 28.5 Å². The van der Waals surface area contributed by atoms with Gasteiger partial charge in [0.15, 0.2) is 0 Å². The lowest BCUT2D eigenvalue weighted by Gasteiger charge is -2.09. The number of carbonyl (C=O) groups is 2. The fourth-order valence-electron chi connectivity index (χ4n) is 2.83. The molecule has 1 heterocycles. The molecular formula is C21H17F3N2O3. The van der Waals surface area contributed by atoms with Crippen LogP contribution in [0.3, 0.4) is 0 Å². The molecule has 0 aliphatic carbocycles. The third kappa shape index (κ3) is 5.10. The molecule has 0 saturated heterocycles. The van der Waals surface area contributed by atoms with E-state index in [2.05, 4.69) is 10.3 Å². The molecule has 29 heavy (non-hydrogen) atoms. The number of fused-ring (bicyclic) bond motifs is 1. The lowest BCUT2D eigenvalue weighted by atomic mass is 10.0. The highest BCUT2D eigenvalue weighted by atomic mass is 19.4. The Morgan fingerprint density at radius 3 is 2.55 bits per heavy atom. The maximum Gasteiger partial charge on any atom is 0.416 e. The van der Waals surface area contributed by atoms with E-state index in [4.69, 9.17) is 5.11 Å². The number of amides is 1. The molecule has 3 aromatic rings. The predicted molar refractivity (Wildman–Crippen MR) is 101 cm³/mol. The normalized spacial score (nSPS) is 11.4. The van der Waals surface area contributed by atoms with Gasteiger partial charge in [-0.3, -0.25) is 9.59 Å². The van der Waals surface area contributed by atoms with E-state index in [1.165, 1.54) is 6.07 Å². The summed E-state index contributed by atoms with van der Waals surface area (Å²) in [6, 6.07) is 13.1. The van der Waals surface area contributed by atoms with Crippen molar-refractivity contribution in [3.05, 3.63) is 65.7 Å². The Morgan fingerprint density at radius 2 is 1.83 bits per heavy atom. The summed E-state index contributed by atoms with van der Waals surface area (Å²) >= 11 is 0. The minimum atomic E-state index is -4.43. The Balaban J connectivity index is 1.79.